The van der Waals surface area contributed by atoms with Gasteiger partial charge in [0.05, 0.1) is 6.20 Å². The second-order valence-corrected chi connectivity index (χ2v) is 6.55. The molecule has 0 aliphatic rings. The number of nitrogens with zero attached hydrogens (tertiary/aromatic N) is 2. The third kappa shape index (κ3) is 4.13. The van der Waals surface area contributed by atoms with Gasteiger partial charge in [0.25, 0.3) is 0 Å². The maximum absolute atomic E-state index is 12.3. The molecule has 2 rings (SSSR count). The number of sulfonamides is 1. The lowest BCUT2D eigenvalue weighted by Crippen LogP contribution is -2.26. The lowest BCUT2D eigenvalue weighted by Gasteiger charge is -2.13. The van der Waals surface area contributed by atoms with Gasteiger partial charge in [0.1, 0.15) is 4.90 Å². The Morgan fingerprint density at radius 2 is 2.05 bits per heavy atom. The Morgan fingerprint density at radius 1 is 1.33 bits per heavy atom. The van der Waals surface area contributed by atoms with E-state index in [0.717, 1.165) is 12.0 Å². The van der Waals surface area contributed by atoms with Crippen LogP contribution in [0.3, 0.4) is 0 Å². The van der Waals surface area contributed by atoms with Gasteiger partial charge in [0.15, 0.2) is 0 Å². The van der Waals surface area contributed by atoms with E-state index in [-0.39, 0.29) is 10.9 Å². The van der Waals surface area contributed by atoms with Crippen molar-refractivity contribution in [1.82, 2.24) is 14.5 Å². The molecule has 0 saturated heterocycles. The lowest BCUT2D eigenvalue weighted by atomic mass is 10.1. The largest absolute Gasteiger partial charge is 0.330 e. The minimum atomic E-state index is -3.58. The molecule has 3 N–H and O–H groups in total. The van der Waals surface area contributed by atoms with Gasteiger partial charge in [-0.1, -0.05) is 30.3 Å². The van der Waals surface area contributed by atoms with Crippen LogP contribution in [0.2, 0.25) is 0 Å². The van der Waals surface area contributed by atoms with Crippen molar-refractivity contribution in [3.63, 3.8) is 0 Å². The number of nitrogens with two attached hydrogens (primary N) is 1. The third-order valence-corrected chi connectivity index (χ3v) is 4.64. The first-order chi connectivity index (χ1) is 10.0. The number of hydrogen-bond acceptors (Lipinski definition) is 4. The Labute approximate surface area is 125 Å². The van der Waals surface area contributed by atoms with Crippen molar-refractivity contribution in [3.8, 4) is 0 Å². The fourth-order valence-corrected chi connectivity index (χ4v) is 3.15. The van der Waals surface area contributed by atoms with Gasteiger partial charge in [-0.3, -0.25) is 4.68 Å². The zero-order valence-electron chi connectivity index (χ0n) is 11.9. The highest BCUT2D eigenvalue weighted by atomic mass is 32.2. The van der Waals surface area contributed by atoms with Crippen LogP contribution in [-0.4, -0.2) is 24.7 Å². The molecule has 1 aromatic heterocycles. The van der Waals surface area contributed by atoms with E-state index in [2.05, 4.69) is 9.82 Å². The number of rotatable bonds is 7. The molecule has 7 heteroatoms. The van der Waals surface area contributed by atoms with Crippen LogP contribution in [0.15, 0.2) is 47.6 Å². The van der Waals surface area contributed by atoms with Crippen molar-refractivity contribution >= 4 is 10.0 Å². The van der Waals surface area contributed by atoms with Gasteiger partial charge in [-0.2, -0.15) is 5.10 Å². The van der Waals surface area contributed by atoms with Crippen molar-refractivity contribution in [2.75, 3.05) is 6.54 Å². The van der Waals surface area contributed by atoms with Crippen LogP contribution in [0.1, 0.15) is 24.9 Å². The van der Waals surface area contributed by atoms with Crippen molar-refractivity contribution in [3.05, 3.63) is 48.3 Å². The quantitative estimate of drug-likeness (QED) is 0.806. The van der Waals surface area contributed by atoms with Crippen LogP contribution in [0.4, 0.5) is 0 Å². The van der Waals surface area contributed by atoms with E-state index in [1.165, 1.54) is 12.4 Å². The molecule has 0 bridgehead atoms. The highest BCUT2D eigenvalue weighted by molar-refractivity contribution is 7.89. The summed E-state index contributed by atoms with van der Waals surface area (Å²) >= 11 is 0. The normalized spacial score (nSPS) is 13.2. The highest BCUT2D eigenvalue weighted by Crippen LogP contribution is 2.16. The van der Waals surface area contributed by atoms with Crippen molar-refractivity contribution in [1.29, 1.82) is 0 Å². The van der Waals surface area contributed by atoms with Crippen LogP contribution < -0.4 is 10.5 Å². The standard InChI is InChI=1S/C14H20N4O2S/c1-12(13-6-3-2-4-7-13)17-21(19,20)14-10-16-18(11-14)9-5-8-15/h2-4,6-7,10-12,17H,5,8-9,15H2,1H3. The van der Waals surface area contributed by atoms with E-state index in [0.29, 0.717) is 13.1 Å². The average Bonchev–Trinajstić information content (AvgIpc) is 2.95. The number of benzene rings is 1. The molecule has 6 nitrogen and oxygen atoms in total. The second kappa shape index (κ2) is 6.84. The molecule has 0 aliphatic heterocycles. The van der Waals surface area contributed by atoms with Gasteiger partial charge in [-0.25, -0.2) is 13.1 Å². The van der Waals surface area contributed by atoms with E-state index in [1.807, 2.05) is 37.3 Å². The summed E-state index contributed by atoms with van der Waals surface area (Å²) in [6, 6.07) is 9.13. The van der Waals surface area contributed by atoms with Crippen LogP contribution >= 0.6 is 0 Å². The second-order valence-electron chi connectivity index (χ2n) is 4.83. The Balaban J connectivity index is 2.09. The molecular weight excluding hydrogens is 288 g/mol. The first kappa shape index (κ1) is 15.7. The number of hydrogen-bond donors (Lipinski definition) is 2. The first-order valence-corrected chi connectivity index (χ1v) is 8.31. The molecule has 114 valence electrons. The van der Waals surface area contributed by atoms with E-state index in [9.17, 15) is 8.42 Å². The molecule has 0 spiro atoms. The maximum atomic E-state index is 12.3. The Hall–Kier alpha value is -1.70. The topological polar surface area (TPSA) is 90.0 Å². The van der Waals surface area contributed by atoms with Crippen LogP contribution in [0.25, 0.3) is 0 Å². The maximum Gasteiger partial charge on any atom is 0.244 e. The van der Waals surface area contributed by atoms with Crippen molar-refractivity contribution in [2.45, 2.75) is 30.8 Å². The fraction of sp³-hybridized carbons (Fsp3) is 0.357. The zero-order valence-corrected chi connectivity index (χ0v) is 12.8. The summed E-state index contributed by atoms with van der Waals surface area (Å²) in [6.45, 7) is 2.97. The smallest absolute Gasteiger partial charge is 0.244 e. The Morgan fingerprint density at radius 3 is 2.71 bits per heavy atom. The summed E-state index contributed by atoms with van der Waals surface area (Å²) in [7, 11) is -3.58. The fourth-order valence-electron chi connectivity index (χ4n) is 1.97. The molecule has 21 heavy (non-hydrogen) atoms. The predicted molar refractivity (Wildman–Crippen MR) is 81.1 cm³/mol. The molecule has 1 aromatic carbocycles. The molecule has 1 heterocycles. The molecule has 1 unspecified atom stereocenters. The first-order valence-electron chi connectivity index (χ1n) is 6.83. The minimum Gasteiger partial charge on any atom is -0.330 e. The summed E-state index contributed by atoms with van der Waals surface area (Å²) < 4.78 is 28.9. The lowest BCUT2D eigenvalue weighted by molar-refractivity contribution is 0.564. The summed E-state index contributed by atoms with van der Waals surface area (Å²) in [5.41, 5.74) is 6.34. The monoisotopic (exact) mass is 308 g/mol. The summed E-state index contributed by atoms with van der Waals surface area (Å²) in [5.74, 6) is 0. The summed E-state index contributed by atoms with van der Waals surface area (Å²) in [5, 5.41) is 4.04. The van der Waals surface area contributed by atoms with E-state index in [4.69, 9.17) is 5.73 Å². The molecule has 0 saturated carbocycles. The SMILES string of the molecule is CC(NS(=O)(=O)c1cnn(CCCN)c1)c1ccccc1. The van der Waals surface area contributed by atoms with E-state index in [1.54, 1.807) is 4.68 Å². The molecular formula is C14H20N4O2S. The number of aromatic nitrogens is 2. The van der Waals surface area contributed by atoms with E-state index < -0.39 is 10.0 Å². The van der Waals surface area contributed by atoms with E-state index >= 15 is 0 Å². The van der Waals surface area contributed by atoms with Gasteiger partial charge >= 0.3 is 0 Å². The van der Waals surface area contributed by atoms with Crippen molar-refractivity contribution in [2.24, 2.45) is 5.73 Å². The van der Waals surface area contributed by atoms with Gasteiger partial charge in [0.2, 0.25) is 10.0 Å². The minimum absolute atomic E-state index is 0.169. The van der Waals surface area contributed by atoms with Gasteiger partial charge in [-0.05, 0) is 25.5 Å². The summed E-state index contributed by atoms with van der Waals surface area (Å²) in [4.78, 5) is 0.169. The molecule has 0 fully saturated rings. The molecule has 0 radical (unpaired) electrons. The van der Waals surface area contributed by atoms with Crippen LogP contribution in [0, 0.1) is 0 Å². The van der Waals surface area contributed by atoms with Gasteiger partial charge < -0.3 is 5.73 Å². The van der Waals surface area contributed by atoms with Gasteiger partial charge in [0, 0.05) is 18.8 Å². The highest BCUT2D eigenvalue weighted by Gasteiger charge is 2.20. The van der Waals surface area contributed by atoms with Crippen LogP contribution in [0.5, 0.6) is 0 Å². The molecule has 1 atom stereocenters. The number of aryl methyl sites for hydroxylation is 1. The van der Waals surface area contributed by atoms with Crippen LogP contribution in [-0.2, 0) is 16.6 Å². The zero-order chi connectivity index (χ0) is 15.3. The van der Waals surface area contributed by atoms with Gasteiger partial charge in [-0.15, -0.1) is 0 Å². The third-order valence-electron chi connectivity index (χ3n) is 3.14. The summed E-state index contributed by atoms with van der Waals surface area (Å²) in [6.07, 6.45) is 3.64. The van der Waals surface area contributed by atoms with Crippen molar-refractivity contribution < 1.29 is 8.42 Å². The molecule has 0 amide bonds. The number of nitrogens with one attached hydrogen (secondary N) is 1. The molecule has 0 aliphatic carbocycles. The predicted octanol–water partition coefficient (Wildman–Crippen LogP) is 1.27. The Bertz CT molecular complexity index is 667. The molecule has 2 aromatic rings. The Kier molecular flexibility index (Phi) is 5.11. The average molecular weight is 308 g/mol.